The van der Waals surface area contributed by atoms with Gasteiger partial charge in [-0.15, -0.1) is 0 Å². The van der Waals surface area contributed by atoms with Crippen molar-refractivity contribution in [3.05, 3.63) is 65.5 Å². The van der Waals surface area contributed by atoms with E-state index in [-0.39, 0.29) is 16.7 Å². The van der Waals surface area contributed by atoms with Gasteiger partial charge in [0.05, 0.1) is 10.6 Å². The third-order valence-corrected chi connectivity index (χ3v) is 5.23. The molecule has 0 aliphatic carbocycles. The Bertz CT molecular complexity index is 711. The van der Waals surface area contributed by atoms with Gasteiger partial charge in [0.15, 0.2) is 9.84 Å². The van der Waals surface area contributed by atoms with Crippen LogP contribution in [0, 0.1) is 12.7 Å². The Morgan fingerprint density at radius 1 is 1.10 bits per heavy atom. The van der Waals surface area contributed by atoms with E-state index in [9.17, 15) is 12.8 Å². The summed E-state index contributed by atoms with van der Waals surface area (Å²) < 4.78 is 37.8. The molecule has 3 nitrogen and oxygen atoms in total. The van der Waals surface area contributed by atoms with Gasteiger partial charge in [-0.2, -0.15) is 0 Å². The van der Waals surface area contributed by atoms with Crippen molar-refractivity contribution >= 4 is 9.84 Å². The Kier molecular flexibility index (Phi) is 4.75. The van der Waals surface area contributed by atoms with E-state index < -0.39 is 15.7 Å². The molecule has 0 spiro atoms. The van der Waals surface area contributed by atoms with Gasteiger partial charge in [-0.25, -0.2) is 12.8 Å². The van der Waals surface area contributed by atoms with Crippen LogP contribution in [0.15, 0.2) is 53.4 Å². The maximum Gasteiger partial charge on any atom is 0.180 e. The minimum Gasteiger partial charge on any atom is -0.312 e. The predicted molar refractivity (Wildman–Crippen MR) is 81.4 cm³/mol. The predicted octanol–water partition coefficient (Wildman–Crippen LogP) is 2.87. The maximum absolute atomic E-state index is 12.9. The van der Waals surface area contributed by atoms with E-state index in [4.69, 9.17) is 0 Å². The molecule has 2 aromatic rings. The minimum absolute atomic E-state index is 0.0695. The monoisotopic (exact) mass is 307 g/mol. The number of nitrogens with one attached hydrogen (secondary N) is 1. The summed E-state index contributed by atoms with van der Waals surface area (Å²) in [6.07, 6.45) is 0. The summed E-state index contributed by atoms with van der Waals surface area (Å²) in [5, 5.41) is 3.04. The van der Waals surface area contributed by atoms with Crippen molar-refractivity contribution in [2.75, 3.05) is 12.8 Å². The van der Waals surface area contributed by atoms with Gasteiger partial charge in [0.25, 0.3) is 0 Å². The van der Waals surface area contributed by atoms with E-state index in [1.807, 2.05) is 31.2 Å². The SMILES string of the molecule is CNC(CS(=O)(=O)c1ccc(F)cc1)c1ccccc1C. The fraction of sp³-hybridized carbons (Fsp3) is 0.250. The Labute approximate surface area is 124 Å². The molecular weight excluding hydrogens is 289 g/mol. The molecule has 0 amide bonds. The van der Waals surface area contributed by atoms with Crippen molar-refractivity contribution in [2.45, 2.75) is 17.9 Å². The first-order valence-electron chi connectivity index (χ1n) is 6.65. The Morgan fingerprint density at radius 3 is 2.29 bits per heavy atom. The molecule has 0 radical (unpaired) electrons. The molecule has 0 aromatic heterocycles. The summed E-state index contributed by atoms with van der Waals surface area (Å²) in [7, 11) is -1.75. The fourth-order valence-electron chi connectivity index (χ4n) is 2.26. The number of aryl methyl sites for hydroxylation is 1. The van der Waals surface area contributed by atoms with E-state index in [1.165, 1.54) is 12.1 Å². The van der Waals surface area contributed by atoms with Gasteiger partial charge in [-0.3, -0.25) is 0 Å². The second kappa shape index (κ2) is 6.37. The van der Waals surface area contributed by atoms with Gasteiger partial charge in [0, 0.05) is 6.04 Å². The summed E-state index contributed by atoms with van der Waals surface area (Å²) in [5.74, 6) is -0.516. The molecule has 2 aromatic carbocycles. The van der Waals surface area contributed by atoms with Gasteiger partial charge in [0.2, 0.25) is 0 Å². The molecule has 0 saturated carbocycles. The third-order valence-electron chi connectivity index (χ3n) is 3.47. The van der Waals surface area contributed by atoms with Crippen molar-refractivity contribution in [3.63, 3.8) is 0 Å². The smallest absolute Gasteiger partial charge is 0.180 e. The Hall–Kier alpha value is -1.72. The lowest BCUT2D eigenvalue weighted by Crippen LogP contribution is -2.26. The van der Waals surface area contributed by atoms with Crippen molar-refractivity contribution in [1.82, 2.24) is 5.32 Å². The molecule has 1 unspecified atom stereocenters. The summed E-state index contributed by atoms with van der Waals surface area (Å²) in [6.45, 7) is 1.95. The van der Waals surface area contributed by atoms with Gasteiger partial charge in [-0.1, -0.05) is 24.3 Å². The summed E-state index contributed by atoms with van der Waals surface area (Å²) in [5.41, 5.74) is 1.98. The van der Waals surface area contributed by atoms with Crippen LogP contribution in [0.2, 0.25) is 0 Å². The third kappa shape index (κ3) is 3.68. The van der Waals surface area contributed by atoms with Crippen LogP contribution in [0.4, 0.5) is 4.39 Å². The highest BCUT2D eigenvalue weighted by Gasteiger charge is 2.22. The molecule has 0 fully saturated rings. The zero-order chi connectivity index (χ0) is 15.5. The van der Waals surface area contributed by atoms with Crippen LogP contribution in [-0.4, -0.2) is 21.2 Å². The first kappa shape index (κ1) is 15.7. The quantitative estimate of drug-likeness (QED) is 0.864. The molecule has 2 rings (SSSR count). The van der Waals surface area contributed by atoms with E-state index in [0.717, 1.165) is 23.3 Å². The molecule has 0 heterocycles. The number of sulfone groups is 1. The van der Waals surface area contributed by atoms with Crippen LogP contribution in [-0.2, 0) is 9.84 Å². The van der Waals surface area contributed by atoms with Crippen LogP contribution in [0.1, 0.15) is 17.2 Å². The lowest BCUT2D eigenvalue weighted by molar-refractivity contribution is 0.573. The van der Waals surface area contributed by atoms with Gasteiger partial charge in [-0.05, 0) is 49.4 Å². The van der Waals surface area contributed by atoms with Crippen molar-refractivity contribution in [3.8, 4) is 0 Å². The molecule has 0 aliphatic rings. The van der Waals surface area contributed by atoms with E-state index >= 15 is 0 Å². The molecule has 1 atom stereocenters. The van der Waals surface area contributed by atoms with Gasteiger partial charge < -0.3 is 5.32 Å². The average Bonchev–Trinajstić information content (AvgIpc) is 2.46. The van der Waals surface area contributed by atoms with Crippen LogP contribution in [0.3, 0.4) is 0 Å². The number of hydrogen-bond donors (Lipinski definition) is 1. The molecule has 0 bridgehead atoms. The van der Waals surface area contributed by atoms with Crippen LogP contribution >= 0.6 is 0 Å². The summed E-state index contributed by atoms with van der Waals surface area (Å²) in [6, 6.07) is 12.3. The number of halogens is 1. The first-order chi connectivity index (χ1) is 9.94. The van der Waals surface area contributed by atoms with E-state index in [0.29, 0.717) is 0 Å². The average molecular weight is 307 g/mol. The molecule has 0 aliphatic heterocycles. The second-order valence-electron chi connectivity index (χ2n) is 4.93. The van der Waals surface area contributed by atoms with Gasteiger partial charge >= 0.3 is 0 Å². The number of benzene rings is 2. The molecule has 1 N–H and O–H groups in total. The zero-order valence-corrected chi connectivity index (χ0v) is 12.8. The fourth-order valence-corrected chi connectivity index (χ4v) is 3.79. The van der Waals surface area contributed by atoms with Crippen molar-refractivity contribution < 1.29 is 12.8 Å². The van der Waals surface area contributed by atoms with E-state index in [1.54, 1.807) is 7.05 Å². The normalized spacial score (nSPS) is 13.1. The zero-order valence-electron chi connectivity index (χ0n) is 12.0. The van der Waals surface area contributed by atoms with E-state index in [2.05, 4.69) is 5.32 Å². The Morgan fingerprint density at radius 2 is 1.71 bits per heavy atom. The van der Waals surface area contributed by atoms with Crippen molar-refractivity contribution in [2.24, 2.45) is 0 Å². The molecular formula is C16H18FNO2S. The number of hydrogen-bond acceptors (Lipinski definition) is 3. The highest BCUT2D eigenvalue weighted by Crippen LogP contribution is 2.22. The first-order valence-corrected chi connectivity index (χ1v) is 8.30. The number of rotatable bonds is 5. The maximum atomic E-state index is 12.9. The molecule has 0 saturated heterocycles. The van der Waals surface area contributed by atoms with Crippen molar-refractivity contribution in [1.29, 1.82) is 0 Å². The Balaban J connectivity index is 2.30. The van der Waals surface area contributed by atoms with Crippen LogP contribution < -0.4 is 5.32 Å². The largest absolute Gasteiger partial charge is 0.312 e. The minimum atomic E-state index is -3.48. The second-order valence-corrected chi connectivity index (χ2v) is 6.97. The lowest BCUT2D eigenvalue weighted by Gasteiger charge is -2.19. The summed E-state index contributed by atoms with van der Waals surface area (Å²) in [4.78, 5) is 0.137. The molecule has 5 heteroatoms. The molecule has 21 heavy (non-hydrogen) atoms. The molecule has 112 valence electrons. The van der Waals surface area contributed by atoms with Crippen LogP contribution in [0.5, 0.6) is 0 Å². The standard InChI is InChI=1S/C16H18FNO2S/c1-12-5-3-4-6-15(12)16(18-2)11-21(19,20)14-9-7-13(17)8-10-14/h3-10,16,18H,11H2,1-2H3. The van der Waals surface area contributed by atoms with Gasteiger partial charge in [0.1, 0.15) is 5.82 Å². The highest BCUT2D eigenvalue weighted by atomic mass is 32.2. The summed E-state index contributed by atoms with van der Waals surface area (Å²) >= 11 is 0. The topological polar surface area (TPSA) is 46.2 Å². The lowest BCUT2D eigenvalue weighted by atomic mass is 10.0. The highest BCUT2D eigenvalue weighted by molar-refractivity contribution is 7.91. The van der Waals surface area contributed by atoms with Crippen LogP contribution in [0.25, 0.3) is 0 Å².